The smallest absolute Gasteiger partial charge is 0.335 e. The number of anilines is 1. The van der Waals surface area contributed by atoms with Gasteiger partial charge in [0.15, 0.2) is 5.43 Å². The van der Waals surface area contributed by atoms with Gasteiger partial charge in [0.1, 0.15) is 17.6 Å². The number of ether oxygens (including phenoxy) is 1. The van der Waals surface area contributed by atoms with E-state index in [4.69, 9.17) is 14.9 Å². The number of aromatic carboxylic acids is 1. The minimum absolute atomic E-state index is 0.0631. The minimum atomic E-state index is -1.16. The number of carboxylic acids is 1. The molecule has 128 valence electrons. The molecular weight excluding hydrogens is 322 g/mol. The predicted octanol–water partition coefficient (Wildman–Crippen LogP) is 3.14. The van der Waals surface area contributed by atoms with Crippen molar-refractivity contribution in [3.8, 4) is 16.9 Å². The third-order valence-corrected chi connectivity index (χ3v) is 4.64. The van der Waals surface area contributed by atoms with Crippen molar-refractivity contribution in [1.29, 1.82) is 0 Å². The van der Waals surface area contributed by atoms with Crippen LogP contribution in [0.2, 0.25) is 0 Å². The summed E-state index contributed by atoms with van der Waals surface area (Å²) in [5.74, 6) is -0.488. The van der Waals surface area contributed by atoms with Crippen LogP contribution in [-0.4, -0.2) is 17.7 Å². The summed E-state index contributed by atoms with van der Waals surface area (Å²) < 4.78 is 11.4. The molecule has 1 aromatic rings. The van der Waals surface area contributed by atoms with Crippen LogP contribution in [0.25, 0.3) is 22.1 Å². The van der Waals surface area contributed by atoms with Crippen LogP contribution in [0.4, 0.5) is 5.69 Å². The van der Waals surface area contributed by atoms with Crippen molar-refractivity contribution in [2.75, 3.05) is 12.3 Å². The molecule has 6 heteroatoms. The van der Waals surface area contributed by atoms with E-state index in [1.807, 2.05) is 0 Å². The van der Waals surface area contributed by atoms with Crippen LogP contribution < -0.4 is 15.9 Å². The Hall–Kier alpha value is -3.02. The second kappa shape index (κ2) is 4.99. The van der Waals surface area contributed by atoms with E-state index in [9.17, 15) is 14.7 Å². The van der Waals surface area contributed by atoms with Crippen LogP contribution in [0.5, 0.6) is 5.75 Å². The Labute approximate surface area is 143 Å². The number of rotatable bonds is 1. The van der Waals surface area contributed by atoms with Crippen LogP contribution in [-0.2, 0) is 6.42 Å². The second-order valence-corrected chi connectivity index (χ2v) is 7.25. The lowest BCUT2D eigenvalue weighted by molar-refractivity contribution is 0.0697. The zero-order valence-electron chi connectivity index (χ0n) is 13.9. The summed E-state index contributed by atoms with van der Waals surface area (Å²) in [6.07, 6.45) is 2.06. The molecule has 0 saturated carbocycles. The maximum absolute atomic E-state index is 12.3. The molecule has 1 aromatic carbocycles. The van der Waals surface area contributed by atoms with Gasteiger partial charge in [0.05, 0.1) is 23.4 Å². The first kappa shape index (κ1) is 15.5. The van der Waals surface area contributed by atoms with Gasteiger partial charge in [-0.1, -0.05) is 13.8 Å². The van der Waals surface area contributed by atoms with E-state index in [1.165, 1.54) is 12.3 Å². The fourth-order valence-corrected chi connectivity index (χ4v) is 3.38. The van der Waals surface area contributed by atoms with Crippen LogP contribution in [0.15, 0.2) is 33.7 Å². The molecule has 2 heterocycles. The van der Waals surface area contributed by atoms with Crippen LogP contribution in [0.3, 0.4) is 0 Å². The number of fused-ring (bicyclic) bond motifs is 4. The molecule has 0 amide bonds. The highest BCUT2D eigenvalue weighted by molar-refractivity contribution is 6.05. The van der Waals surface area contributed by atoms with Gasteiger partial charge in [0.25, 0.3) is 0 Å². The maximum Gasteiger partial charge on any atom is 0.335 e. The van der Waals surface area contributed by atoms with Crippen LogP contribution in [0.1, 0.15) is 29.8 Å². The number of carbonyl (C=O) groups is 1. The number of hydrogen-bond donors (Lipinski definition) is 2. The van der Waals surface area contributed by atoms with E-state index in [-0.39, 0.29) is 11.0 Å². The Bertz CT molecular complexity index is 1060. The molecule has 0 atom stereocenters. The minimum Gasteiger partial charge on any atom is -0.493 e. The standard InChI is InChI=1S/C19H17NO5/c1-19(2)6-11-14(25-8-19)5-15-16(17(11)20)10-3-9(18(22)23)4-13(21)12(10)7-24-15/h3-5,7H,6,8,20H2,1-2H3,(H,22,23). The monoisotopic (exact) mass is 339 g/mol. The first-order chi connectivity index (χ1) is 11.8. The van der Waals surface area contributed by atoms with E-state index in [2.05, 4.69) is 13.8 Å². The maximum atomic E-state index is 12.3. The van der Waals surface area contributed by atoms with Crippen LogP contribution in [0, 0.1) is 5.41 Å². The van der Waals surface area contributed by atoms with Gasteiger partial charge >= 0.3 is 5.97 Å². The summed E-state index contributed by atoms with van der Waals surface area (Å²) in [6, 6.07) is 4.31. The van der Waals surface area contributed by atoms with Gasteiger partial charge in [0.2, 0.25) is 0 Å². The van der Waals surface area contributed by atoms with Crippen LogP contribution >= 0.6 is 0 Å². The van der Waals surface area contributed by atoms with Crippen molar-refractivity contribution in [1.82, 2.24) is 0 Å². The Kier molecular flexibility index (Phi) is 3.09. The van der Waals surface area contributed by atoms with Gasteiger partial charge in [-0.25, -0.2) is 4.79 Å². The molecule has 2 aliphatic heterocycles. The molecule has 0 bridgehead atoms. The second-order valence-electron chi connectivity index (χ2n) is 7.25. The zero-order chi connectivity index (χ0) is 17.9. The largest absolute Gasteiger partial charge is 0.493 e. The normalized spacial score (nSPS) is 15.8. The Morgan fingerprint density at radius 2 is 2.00 bits per heavy atom. The molecule has 6 nitrogen and oxygen atoms in total. The average molecular weight is 339 g/mol. The van der Waals surface area contributed by atoms with Gasteiger partial charge in [-0.3, -0.25) is 4.79 Å². The zero-order valence-corrected chi connectivity index (χ0v) is 13.9. The number of nitrogens with two attached hydrogens (primary N) is 1. The van der Waals surface area contributed by atoms with E-state index in [0.717, 1.165) is 18.1 Å². The molecule has 1 aliphatic carbocycles. The molecule has 0 fully saturated rings. The summed E-state index contributed by atoms with van der Waals surface area (Å²) >= 11 is 0. The van der Waals surface area contributed by atoms with Gasteiger partial charge in [-0.2, -0.15) is 0 Å². The quantitative estimate of drug-likeness (QED) is 0.521. The first-order valence-electron chi connectivity index (χ1n) is 7.93. The molecule has 0 radical (unpaired) electrons. The van der Waals surface area contributed by atoms with Crippen molar-refractivity contribution in [3.05, 3.63) is 45.8 Å². The van der Waals surface area contributed by atoms with E-state index >= 15 is 0 Å². The fraction of sp³-hybridized carbons (Fsp3) is 0.263. The van der Waals surface area contributed by atoms with Crippen molar-refractivity contribution < 1.29 is 19.1 Å². The Morgan fingerprint density at radius 1 is 1.24 bits per heavy atom. The molecule has 3 N–H and O–H groups in total. The summed E-state index contributed by atoms with van der Waals surface area (Å²) in [5, 5.41) is 9.81. The van der Waals surface area contributed by atoms with Crippen molar-refractivity contribution in [3.63, 3.8) is 0 Å². The SMILES string of the molecule is CC1(C)COc2cc3occ4c(=O)cc(C(=O)O)cc-4c3c(N)c2C1. The van der Waals surface area contributed by atoms with Crippen molar-refractivity contribution in [2.45, 2.75) is 20.3 Å². The summed E-state index contributed by atoms with van der Waals surface area (Å²) in [5.41, 5.74) is 8.45. The molecular formula is C19H17NO5. The lowest BCUT2D eigenvalue weighted by Gasteiger charge is -2.32. The summed E-state index contributed by atoms with van der Waals surface area (Å²) in [4.78, 5) is 23.6. The molecule has 3 aliphatic rings. The average Bonchev–Trinajstić information content (AvgIpc) is 2.54. The topological polar surface area (TPSA) is 103 Å². The molecule has 0 aromatic heterocycles. The number of nitrogen functional groups attached to an aromatic ring is 1. The molecule has 0 unspecified atom stereocenters. The Balaban J connectivity index is 2.11. The third-order valence-electron chi connectivity index (χ3n) is 4.64. The fourth-order valence-electron chi connectivity index (χ4n) is 3.38. The van der Waals surface area contributed by atoms with Gasteiger partial charge in [-0.05, 0) is 12.5 Å². The highest BCUT2D eigenvalue weighted by Crippen LogP contribution is 2.44. The Morgan fingerprint density at radius 3 is 2.72 bits per heavy atom. The van der Waals surface area contributed by atoms with Gasteiger partial charge in [0, 0.05) is 34.1 Å². The molecule has 4 rings (SSSR count). The highest BCUT2D eigenvalue weighted by atomic mass is 16.5. The van der Waals surface area contributed by atoms with Gasteiger partial charge in [-0.15, -0.1) is 0 Å². The number of carboxylic acid groups (broad SMARTS) is 1. The number of benzene rings is 2. The van der Waals surface area contributed by atoms with E-state index < -0.39 is 11.4 Å². The lowest BCUT2D eigenvalue weighted by atomic mass is 9.82. The van der Waals surface area contributed by atoms with Crippen molar-refractivity contribution >= 4 is 22.6 Å². The van der Waals surface area contributed by atoms with E-state index in [0.29, 0.717) is 40.1 Å². The van der Waals surface area contributed by atoms with E-state index in [1.54, 1.807) is 6.07 Å². The first-order valence-corrected chi connectivity index (χ1v) is 7.93. The number of hydrogen-bond acceptors (Lipinski definition) is 5. The predicted molar refractivity (Wildman–Crippen MR) is 93.5 cm³/mol. The van der Waals surface area contributed by atoms with Gasteiger partial charge < -0.3 is 20.0 Å². The summed E-state index contributed by atoms with van der Waals surface area (Å²) in [7, 11) is 0. The summed E-state index contributed by atoms with van der Waals surface area (Å²) in [6.45, 7) is 4.75. The molecule has 0 saturated heterocycles. The lowest BCUT2D eigenvalue weighted by Crippen LogP contribution is -2.29. The molecule has 0 spiro atoms. The molecule has 25 heavy (non-hydrogen) atoms. The third kappa shape index (κ3) is 2.33. The van der Waals surface area contributed by atoms with Crippen molar-refractivity contribution in [2.24, 2.45) is 5.41 Å². The highest BCUT2D eigenvalue weighted by Gasteiger charge is 2.30.